The van der Waals surface area contributed by atoms with Gasteiger partial charge in [-0.2, -0.15) is 13.2 Å². The molecule has 1 aromatic heterocycles. The second-order valence-electron chi connectivity index (χ2n) is 3.26. The zero-order valence-electron chi connectivity index (χ0n) is 8.37. The van der Waals surface area contributed by atoms with Crippen molar-refractivity contribution in [1.82, 2.24) is 9.97 Å². The average molecular weight is 242 g/mol. The van der Waals surface area contributed by atoms with Gasteiger partial charge >= 0.3 is 6.18 Å². The van der Waals surface area contributed by atoms with E-state index in [1.165, 1.54) is 24.5 Å². The van der Waals surface area contributed by atoms with Crippen molar-refractivity contribution in [3.05, 3.63) is 48.0 Å². The van der Waals surface area contributed by atoms with Crippen LogP contribution in [0.3, 0.4) is 0 Å². The van der Waals surface area contributed by atoms with E-state index in [1.807, 2.05) is 0 Å². The Morgan fingerprint density at radius 3 is 2.24 bits per heavy atom. The highest BCUT2D eigenvalue weighted by molar-refractivity contribution is 5.56. The molecule has 0 radical (unpaired) electrons. The Kier molecular flexibility index (Phi) is 2.79. The molecular formula is C11H6F4N2. The zero-order chi connectivity index (χ0) is 12.5. The van der Waals surface area contributed by atoms with Crippen LogP contribution in [0.25, 0.3) is 11.4 Å². The van der Waals surface area contributed by atoms with E-state index in [4.69, 9.17) is 0 Å². The largest absolute Gasteiger partial charge is 0.419 e. The quantitative estimate of drug-likeness (QED) is 0.717. The molecule has 0 saturated carbocycles. The van der Waals surface area contributed by atoms with Gasteiger partial charge in [-0.05, 0) is 24.3 Å². The number of nitrogens with zero attached hydrogens (tertiary/aromatic N) is 2. The Morgan fingerprint density at radius 2 is 1.65 bits per heavy atom. The van der Waals surface area contributed by atoms with E-state index in [2.05, 4.69) is 9.97 Å². The molecule has 0 aliphatic rings. The van der Waals surface area contributed by atoms with Gasteiger partial charge in [-0.3, -0.25) is 0 Å². The minimum absolute atomic E-state index is 0.123. The fraction of sp³-hybridized carbons (Fsp3) is 0.0909. The van der Waals surface area contributed by atoms with Crippen LogP contribution < -0.4 is 0 Å². The van der Waals surface area contributed by atoms with E-state index >= 15 is 0 Å². The number of benzene rings is 1. The summed E-state index contributed by atoms with van der Waals surface area (Å²) in [5.41, 5.74) is -1.19. The van der Waals surface area contributed by atoms with Gasteiger partial charge in [0.05, 0.1) is 5.56 Å². The van der Waals surface area contributed by atoms with Crippen LogP contribution in [0.4, 0.5) is 17.6 Å². The highest BCUT2D eigenvalue weighted by Gasteiger charge is 2.34. The van der Waals surface area contributed by atoms with Crippen molar-refractivity contribution >= 4 is 0 Å². The number of halogens is 4. The third kappa shape index (κ3) is 2.41. The van der Waals surface area contributed by atoms with Crippen LogP contribution in [0, 0.1) is 5.82 Å². The summed E-state index contributed by atoms with van der Waals surface area (Å²) in [6.07, 6.45) is -1.92. The lowest BCUT2D eigenvalue weighted by atomic mass is 10.1. The molecular weight excluding hydrogens is 236 g/mol. The van der Waals surface area contributed by atoms with Crippen LogP contribution in [-0.4, -0.2) is 9.97 Å². The molecule has 0 fully saturated rings. The second-order valence-corrected chi connectivity index (χ2v) is 3.26. The van der Waals surface area contributed by atoms with E-state index in [0.29, 0.717) is 6.07 Å². The fourth-order valence-corrected chi connectivity index (χ4v) is 1.33. The molecule has 2 nitrogen and oxygen atoms in total. The molecule has 0 bridgehead atoms. The van der Waals surface area contributed by atoms with E-state index < -0.39 is 17.6 Å². The predicted octanol–water partition coefficient (Wildman–Crippen LogP) is 3.30. The van der Waals surface area contributed by atoms with Crippen molar-refractivity contribution < 1.29 is 17.6 Å². The highest BCUT2D eigenvalue weighted by atomic mass is 19.4. The van der Waals surface area contributed by atoms with Crippen LogP contribution in [0.2, 0.25) is 0 Å². The Bertz CT molecular complexity index is 523. The average Bonchev–Trinajstić information content (AvgIpc) is 2.29. The maximum absolute atomic E-state index is 13.0. The van der Waals surface area contributed by atoms with Gasteiger partial charge in [0.15, 0.2) is 5.82 Å². The predicted molar refractivity (Wildman–Crippen MR) is 52.4 cm³/mol. The summed E-state index contributed by atoms with van der Waals surface area (Å²) in [6, 6.07) is 4.21. The van der Waals surface area contributed by atoms with Gasteiger partial charge < -0.3 is 0 Å². The summed E-state index contributed by atoms with van der Waals surface area (Å²) in [4.78, 5) is 7.60. The lowest BCUT2D eigenvalue weighted by Crippen LogP contribution is -2.08. The van der Waals surface area contributed by atoms with Crippen LogP contribution >= 0.6 is 0 Å². The Morgan fingerprint density at radius 1 is 1.00 bits per heavy atom. The van der Waals surface area contributed by atoms with Crippen LogP contribution in [-0.2, 0) is 6.18 Å². The van der Waals surface area contributed by atoms with Gasteiger partial charge in [0.1, 0.15) is 5.82 Å². The molecule has 1 heterocycles. The monoisotopic (exact) mass is 242 g/mol. The first kappa shape index (κ1) is 11.5. The number of aromatic nitrogens is 2. The molecule has 0 aliphatic heterocycles. The summed E-state index contributed by atoms with van der Waals surface area (Å²) in [7, 11) is 0. The van der Waals surface area contributed by atoms with Crippen molar-refractivity contribution in [3.8, 4) is 11.4 Å². The summed E-state index contributed by atoms with van der Waals surface area (Å²) in [5, 5.41) is 0. The van der Waals surface area contributed by atoms with Gasteiger partial charge in [0.25, 0.3) is 0 Å². The maximum atomic E-state index is 13.0. The van der Waals surface area contributed by atoms with Crippen molar-refractivity contribution in [2.75, 3.05) is 0 Å². The normalized spacial score (nSPS) is 11.5. The lowest BCUT2D eigenvalue weighted by molar-refractivity contribution is -0.139. The molecule has 6 heteroatoms. The molecule has 1 aromatic carbocycles. The third-order valence-corrected chi connectivity index (χ3v) is 2.10. The smallest absolute Gasteiger partial charge is 0.237 e. The molecule has 17 heavy (non-hydrogen) atoms. The first-order valence-corrected chi connectivity index (χ1v) is 4.62. The molecule has 0 amide bonds. The standard InChI is InChI=1S/C11H6F4N2/c12-9-3-2-7(6-8(9)11(13,14)15)10-16-4-1-5-17-10/h1-6H. The highest BCUT2D eigenvalue weighted by Crippen LogP contribution is 2.33. The number of hydrogen-bond donors (Lipinski definition) is 0. The number of hydrogen-bond acceptors (Lipinski definition) is 2. The fourth-order valence-electron chi connectivity index (χ4n) is 1.33. The lowest BCUT2D eigenvalue weighted by Gasteiger charge is -2.09. The minimum Gasteiger partial charge on any atom is -0.237 e. The summed E-state index contributed by atoms with van der Waals surface area (Å²) >= 11 is 0. The first-order valence-electron chi connectivity index (χ1n) is 4.62. The maximum Gasteiger partial charge on any atom is 0.419 e. The molecule has 2 aromatic rings. The van der Waals surface area contributed by atoms with Crippen molar-refractivity contribution in [2.45, 2.75) is 6.18 Å². The topological polar surface area (TPSA) is 25.8 Å². The molecule has 2 rings (SSSR count). The molecule has 0 spiro atoms. The van der Waals surface area contributed by atoms with E-state index in [9.17, 15) is 17.6 Å². The van der Waals surface area contributed by atoms with Gasteiger partial charge in [0, 0.05) is 18.0 Å². The van der Waals surface area contributed by atoms with Crippen molar-refractivity contribution in [1.29, 1.82) is 0 Å². The van der Waals surface area contributed by atoms with E-state index in [0.717, 1.165) is 6.07 Å². The summed E-state index contributed by atoms with van der Waals surface area (Å²) in [5.74, 6) is -1.19. The zero-order valence-corrected chi connectivity index (χ0v) is 8.37. The SMILES string of the molecule is Fc1ccc(-c2ncccn2)cc1C(F)(F)F. The first-order chi connectivity index (χ1) is 7.98. The third-order valence-electron chi connectivity index (χ3n) is 2.10. The van der Waals surface area contributed by atoms with Gasteiger partial charge in [-0.15, -0.1) is 0 Å². The number of rotatable bonds is 1. The van der Waals surface area contributed by atoms with Gasteiger partial charge in [-0.25, -0.2) is 14.4 Å². The van der Waals surface area contributed by atoms with Crippen LogP contribution in [0.1, 0.15) is 5.56 Å². The van der Waals surface area contributed by atoms with Crippen molar-refractivity contribution in [3.63, 3.8) is 0 Å². The Balaban J connectivity index is 2.53. The molecule has 0 unspecified atom stereocenters. The molecule has 0 N–H and O–H groups in total. The summed E-state index contributed by atoms with van der Waals surface area (Å²) < 4.78 is 50.4. The minimum atomic E-state index is -4.73. The Labute approximate surface area is 94.0 Å². The molecule has 88 valence electrons. The Hall–Kier alpha value is -1.98. The second kappa shape index (κ2) is 4.12. The van der Waals surface area contributed by atoms with Gasteiger partial charge in [-0.1, -0.05) is 0 Å². The number of alkyl halides is 3. The summed E-state index contributed by atoms with van der Waals surface area (Å²) in [6.45, 7) is 0. The van der Waals surface area contributed by atoms with Gasteiger partial charge in [0.2, 0.25) is 0 Å². The molecule has 0 atom stereocenters. The molecule has 0 saturated heterocycles. The van der Waals surface area contributed by atoms with Crippen molar-refractivity contribution in [2.24, 2.45) is 0 Å². The molecule has 0 aliphatic carbocycles. The van der Waals surface area contributed by atoms with Crippen LogP contribution in [0.5, 0.6) is 0 Å². The van der Waals surface area contributed by atoms with E-state index in [1.54, 1.807) is 0 Å². The van der Waals surface area contributed by atoms with Crippen LogP contribution in [0.15, 0.2) is 36.7 Å². The van der Waals surface area contributed by atoms with E-state index in [-0.39, 0.29) is 11.4 Å².